The number of aromatic nitrogens is 1. The highest BCUT2D eigenvalue weighted by Gasteiger charge is 2.25. The molecule has 0 aliphatic carbocycles. The first-order chi connectivity index (χ1) is 11.9. The summed E-state index contributed by atoms with van der Waals surface area (Å²) in [5, 5.41) is 0. The quantitative estimate of drug-likeness (QED) is 0.691. The number of likely N-dealkylation sites (tertiary alicyclic amines) is 1. The first-order valence-electron chi connectivity index (χ1n) is 8.66. The molecule has 1 saturated heterocycles. The van der Waals surface area contributed by atoms with Gasteiger partial charge in [0.2, 0.25) is 5.89 Å². The summed E-state index contributed by atoms with van der Waals surface area (Å²) < 4.78 is 5.68. The lowest BCUT2D eigenvalue weighted by Crippen LogP contribution is -2.30. The molecule has 2 aromatic carbocycles. The van der Waals surface area contributed by atoms with Crippen molar-refractivity contribution >= 4 is 0 Å². The van der Waals surface area contributed by atoms with Gasteiger partial charge in [0.1, 0.15) is 6.26 Å². The van der Waals surface area contributed by atoms with Crippen molar-refractivity contribution in [2.45, 2.75) is 31.8 Å². The standard InChI is InChI=1S/C21H22N2O/c1-3-8-17(9-4-1)14-20-12-7-13-23(20)15-19-16-24-21(22-19)18-10-5-2-6-11-18/h1-6,8-11,16,20H,7,12-15H2. The molecule has 3 nitrogen and oxygen atoms in total. The van der Waals surface area contributed by atoms with E-state index in [2.05, 4.69) is 40.2 Å². The zero-order valence-electron chi connectivity index (χ0n) is 13.8. The van der Waals surface area contributed by atoms with Gasteiger partial charge in [0.15, 0.2) is 0 Å². The van der Waals surface area contributed by atoms with Crippen molar-refractivity contribution < 1.29 is 4.42 Å². The summed E-state index contributed by atoms with van der Waals surface area (Å²) in [4.78, 5) is 7.22. The molecule has 3 aromatic rings. The van der Waals surface area contributed by atoms with Crippen LogP contribution in [0.2, 0.25) is 0 Å². The van der Waals surface area contributed by atoms with Gasteiger partial charge in [-0.25, -0.2) is 4.98 Å². The van der Waals surface area contributed by atoms with E-state index >= 15 is 0 Å². The van der Waals surface area contributed by atoms with Crippen molar-refractivity contribution in [1.82, 2.24) is 9.88 Å². The maximum absolute atomic E-state index is 5.68. The van der Waals surface area contributed by atoms with Crippen LogP contribution >= 0.6 is 0 Å². The third-order valence-electron chi connectivity index (χ3n) is 4.75. The molecule has 0 amide bonds. The van der Waals surface area contributed by atoms with Crippen molar-refractivity contribution in [3.63, 3.8) is 0 Å². The van der Waals surface area contributed by atoms with Crippen LogP contribution in [0.15, 0.2) is 71.3 Å². The van der Waals surface area contributed by atoms with E-state index in [0.29, 0.717) is 11.9 Å². The van der Waals surface area contributed by atoms with Gasteiger partial charge in [-0.2, -0.15) is 0 Å². The smallest absolute Gasteiger partial charge is 0.226 e. The molecule has 0 spiro atoms. The van der Waals surface area contributed by atoms with Crippen LogP contribution in [0.5, 0.6) is 0 Å². The molecule has 0 bridgehead atoms. The van der Waals surface area contributed by atoms with E-state index in [9.17, 15) is 0 Å². The van der Waals surface area contributed by atoms with Gasteiger partial charge in [-0.1, -0.05) is 48.5 Å². The number of nitrogens with zero attached hydrogens (tertiary/aromatic N) is 2. The number of rotatable bonds is 5. The predicted molar refractivity (Wildman–Crippen MR) is 95.5 cm³/mol. The van der Waals surface area contributed by atoms with E-state index in [-0.39, 0.29) is 0 Å². The molecule has 1 atom stereocenters. The molecule has 0 saturated carbocycles. The molecule has 0 radical (unpaired) electrons. The summed E-state index contributed by atoms with van der Waals surface area (Å²) in [5.74, 6) is 0.712. The second kappa shape index (κ2) is 7.02. The molecule has 2 heterocycles. The lowest BCUT2D eigenvalue weighted by atomic mass is 10.0. The molecule has 1 aromatic heterocycles. The Balaban J connectivity index is 1.44. The highest BCUT2D eigenvalue weighted by atomic mass is 16.3. The van der Waals surface area contributed by atoms with E-state index in [4.69, 9.17) is 4.42 Å². The van der Waals surface area contributed by atoms with E-state index in [1.807, 2.05) is 30.3 Å². The maximum atomic E-state index is 5.68. The fraction of sp³-hybridized carbons (Fsp3) is 0.286. The van der Waals surface area contributed by atoms with Crippen molar-refractivity contribution in [3.8, 4) is 11.5 Å². The summed E-state index contributed by atoms with van der Waals surface area (Å²) in [6.45, 7) is 2.01. The average molecular weight is 318 g/mol. The van der Waals surface area contributed by atoms with Crippen LogP contribution in [0.1, 0.15) is 24.1 Å². The van der Waals surface area contributed by atoms with Crippen LogP contribution in [0.4, 0.5) is 0 Å². The Kier molecular flexibility index (Phi) is 4.43. The van der Waals surface area contributed by atoms with E-state index in [1.165, 1.54) is 18.4 Å². The monoisotopic (exact) mass is 318 g/mol. The third-order valence-corrected chi connectivity index (χ3v) is 4.75. The zero-order chi connectivity index (χ0) is 16.2. The molecule has 1 unspecified atom stereocenters. The molecule has 24 heavy (non-hydrogen) atoms. The Morgan fingerprint density at radius 2 is 1.75 bits per heavy atom. The average Bonchev–Trinajstić information content (AvgIpc) is 3.27. The molecule has 1 aliphatic rings. The minimum absolute atomic E-state index is 0.601. The Morgan fingerprint density at radius 3 is 2.54 bits per heavy atom. The Labute approximate surface area is 143 Å². The van der Waals surface area contributed by atoms with Crippen LogP contribution in [-0.4, -0.2) is 22.5 Å². The van der Waals surface area contributed by atoms with Crippen molar-refractivity contribution in [2.24, 2.45) is 0 Å². The van der Waals surface area contributed by atoms with Gasteiger partial charge in [0.05, 0.1) is 5.69 Å². The van der Waals surface area contributed by atoms with Gasteiger partial charge in [-0.05, 0) is 43.5 Å². The number of hydrogen-bond donors (Lipinski definition) is 0. The van der Waals surface area contributed by atoms with Gasteiger partial charge in [-0.15, -0.1) is 0 Å². The molecular weight excluding hydrogens is 296 g/mol. The molecule has 4 rings (SSSR count). The van der Waals surface area contributed by atoms with Crippen molar-refractivity contribution in [3.05, 3.63) is 78.2 Å². The highest BCUT2D eigenvalue weighted by molar-refractivity contribution is 5.52. The number of hydrogen-bond acceptors (Lipinski definition) is 3. The summed E-state index contributed by atoms with van der Waals surface area (Å²) in [6, 6.07) is 21.5. The summed E-state index contributed by atoms with van der Waals surface area (Å²) >= 11 is 0. The third kappa shape index (κ3) is 3.41. The van der Waals surface area contributed by atoms with Crippen molar-refractivity contribution in [1.29, 1.82) is 0 Å². The van der Waals surface area contributed by atoms with Gasteiger partial charge in [-0.3, -0.25) is 4.90 Å². The van der Waals surface area contributed by atoms with Crippen LogP contribution in [0.25, 0.3) is 11.5 Å². The first-order valence-corrected chi connectivity index (χ1v) is 8.66. The van der Waals surface area contributed by atoms with Crippen LogP contribution in [0.3, 0.4) is 0 Å². The Bertz CT molecular complexity index is 767. The van der Waals surface area contributed by atoms with Crippen LogP contribution in [0, 0.1) is 0 Å². The van der Waals surface area contributed by atoms with Gasteiger partial charge >= 0.3 is 0 Å². The summed E-state index contributed by atoms with van der Waals surface area (Å²) in [6.07, 6.45) is 5.45. The van der Waals surface area contributed by atoms with Gasteiger partial charge < -0.3 is 4.42 Å². The van der Waals surface area contributed by atoms with Crippen molar-refractivity contribution in [2.75, 3.05) is 6.54 Å². The maximum Gasteiger partial charge on any atom is 0.226 e. The molecule has 1 aliphatic heterocycles. The van der Waals surface area contributed by atoms with Crippen LogP contribution in [-0.2, 0) is 13.0 Å². The number of oxazole rings is 1. The fourth-order valence-electron chi connectivity index (χ4n) is 3.52. The predicted octanol–water partition coefficient (Wildman–Crippen LogP) is 4.55. The normalized spacial score (nSPS) is 18.1. The molecule has 3 heteroatoms. The largest absolute Gasteiger partial charge is 0.444 e. The van der Waals surface area contributed by atoms with Gasteiger partial charge in [0.25, 0.3) is 0 Å². The summed E-state index contributed by atoms with van der Waals surface area (Å²) in [7, 11) is 0. The molecule has 1 fully saturated rings. The first kappa shape index (κ1) is 15.2. The van der Waals surface area contributed by atoms with Crippen LogP contribution < -0.4 is 0 Å². The lowest BCUT2D eigenvalue weighted by Gasteiger charge is -2.23. The Morgan fingerprint density at radius 1 is 1.00 bits per heavy atom. The topological polar surface area (TPSA) is 29.3 Å². The highest BCUT2D eigenvalue weighted by Crippen LogP contribution is 2.24. The molecular formula is C21H22N2O. The lowest BCUT2D eigenvalue weighted by molar-refractivity contribution is 0.241. The molecule has 122 valence electrons. The molecule has 0 N–H and O–H groups in total. The second-order valence-electron chi connectivity index (χ2n) is 6.47. The fourth-order valence-corrected chi connectivity index (χ4v) is 3.52. The van der Waals surface area contributed by atoms with E-state index in [0.717, 1.165) is 30.8 Å². The van der Waals surface area contributed by atoms with E-state index in [1.54, 1.807) is 6.26 Å². The zero-order valence-corrected chi connectivity index (χ0v) is 13.8. The minimum Gasteiger partial charge on any atom is -0.444 e. The Hall–Kier alpha value is -2.39. The second-order valence-corrected chi connectivity index (χ2v) is 6.47. The minimum atomic E-state index is 0.601. The summed E-state index contributed by atoms with van der Waals surface area (Å²) in [5.41, 5.74) is 3.47. The van der Waals surface area contributed by atoms with E-state index < -0.39 is 0 Å². The van der Waals surface area contributed by atoms with Gasteiger partial charge in [0, 0.05) is 18.2 Å². The number of benzene rings is 2. The SMILES string of the molecule is c1ccc(CC2CCCN2Cc2coc(-c3ccccc3)n2)cc1.